The van der Waals surface area contributed by atoms with E-state index in [2.05, 4.69) is 10.6 Å². The van der Waals surface area contributed by atoms with Crippen molar-refractivity contribution in [3.8, 4) is 0 Å². The maximum atomic E-state index is 13.4. The van der Waals surface area contributed by atoms with Gasteiger partial charge in [0.15, 0.2) is 0 Å². The predicted molar refractivity (Wildman–Crippen MR) is 71.9 cm³/mol. The minimum absolute atomic E-state index is 0.104. The number of benzene rings is 1. The summed E-state index contributed by atoms with van der Waals surface area (Å²) in [6, 6.07) is 2.17. The lowest BCUT2D eigenvalue weighted by Gasteiger charge is -2.26. The van der Waals surface area contributed by atoms with Crippen LogP contribution >= 0.6 is 0 Å². The number of rotatable bonds is 3. The van der Waals surface area contributed by atoms with Crippen molar-refractivity contribution in [3.05, 3.63) is 29.8 Å². The topological polar surface area (TPSA) is 78.4 Å². The molecule has 2 amide bonds. The number of carboxylic acid groups (broad SMARTS) is 1. The molecule has 0 radical (unpaired) electrons. The summed E-state index contributed by atoms with van der Waals surface area (Å²) in [6.45, 7) is 0. The minimum atomic E-state index is -0.847. The Bertz CT molecular complexity index is 543. The van der Waals surface area contributed by atoms with Gasteiger partial charge in [0.2, 0.25) is 0 Å². The van der Waals surface area contributed by atoms with Crippen molar-refractivity contribution in [1.82, 2.24) is 5.32 Å². The van der Waals surface area contributed by atoms with Crippen LogP contribution in [0.4, 0.5) is 19.3 Å². The van der Waals surface area contributed by atoms with E-state index < -0.39 is 23.6 Å². The van der Waals surface area contributed by atoms with Crippen LogP contribution in [0.5, 0.6) is 0 Å². The SMILES string of the molecule is O=C(Nc1ccc(F)cc1F)NC1CCC(C(=O)O)CC1. The Balaban J connectivity index is 1.84. The molecule has 1 saturated carbocycles. The van der Waals surface area contributed by atoms with Gasteiger partial charge >= 0.3 is 12.0 Å². The third-order valence-corrected chi connectivity index (χ3v) is 3.59. The van der Waals surface area contributed by atoms with Crippen LogP contribution in [0.2, 0.25) is 0 Å². The first kappa shape index (κ1) is 15.2. The molecular formula is C14H16F2N2O3. The maximum Gasteiger partial charge on any atom is 0.319 e. The Hall–Kier alpha value is -2.18. The molecule has 1 aromatic carbocycles. The fourth-order valence-corrected chi connectivity index (χ4v) is 2.42. The Kier molecular flexibility index (Phi) is 4.72. The summed E-state index contributed by atoms with van der Waals surface area (Å²) in [4.78, 5) is 22.6. The number of halogens is 2. The average Bonchev–Trinajstić information content (AvgIpc) is 2.42. The summed E-state index contributed by atoms with van der Waals surface area (Å²) in [5.41, 5.74) is -0.104. The summed E-state index contributed by atoms with van der Waals surface area (Å²) < 4.78 is 26.1. The third-order valence-electron chi connectivity index (χ3n) is 3.59. The van der Waals surface area contributed by atoms with E-state index in [9.17, 15) is 18.4 Å². The van der Waals surface area contributed by atoms with Crippen LogP contribution in [0.1, 0.15) is 25.7 Å². The Morgan fingerprint density at radius 3 is 2.38 bits per heavy atom. The second-order valence-corrected chi connectivity index (χ2v) is 5.11. The highest BCUT2D eigenvalue weighted by Crippen LogP contribution is 2.24. The highest BCUT2D eigenvalue weighted by Gasteiger charge is 2.26. The summed E-state index contributed by atoms with van der Waals surface area (Å²) in [5, 5.41) is 13.9. The molecular weight excluding hydrogens is 282 g/mol. The molecule has 3 N–H and O–H groups in total. The number of hydrogen-bond acceptors (Lipinski definition) is 2. The van der Waals surface area contributed by atoms with E-state index in [1.165, 1.54) is 0 Å². The van der Waals surface area contributed by atoms with Crippen molar-refractivity contribution in [2.45, 2.75) is 31.7 Å². The van der Waals surface area contributed by atoms with E-state index in [1.54, 1.807) is 0 Å². The number of urea groups is 1. The molecule has 0 aliphatic heterocycles. The zero-order chi connectivity index (χ0) is 15.4. The molecule has 1 aliphatic rings. The van der Waals surface area contributed by atoms with Crippen LogP contribution in [0.25, 0.3) is 0 Å². The first-order valence-corrected chi connectivity index (χ1v) is 6.71. The van der Waals surface area contributed by atoms with Crippen molar-refractivity contribution in [2.24, 2.45) is 5.92 Å². The van der Waals surface area contributed by atoms with E-state index in [1.807, 2.05) is 0 Å². The van der Waals surface area contributed by atoms with Gasteiger partial charge in [-0.1, -0.05) is 0 Å². The van der Waals surface area contributed by atoms with E-state index in [0.29, 0.717) is 31.7 Å². The number of nitrogens with one attached hydrogen (secondary N) is 2. The summed E-state index contributed by atoms with van der Waals surface area (Å²) in [7, 11) is 0. The highest BCUT2D eigenvalue weighted by molar-refractivity contribution is 5.89. The Morgan fingerprint density at radius 2 is 1.81 bits per heavy atom. The van der Waals surface area contributed by atoms with Gasteiger partial charge in [-0.15, -0.1) is 0 Å². The molecule has 2 rings (SSSR count). The van der Waals surface area contributed by atoms with Crippen molar-refractivity contribution in [1.29, 1.82) is 0 Å². The van der Waals surface area contributed by atoms with Crippen molar-refractivity contribution < 1.29 is 23.5 Å². The number of carboxylic acids is 1. The van der Waals surface area contributed by atoms with E-state index >= 15 is 0 Å². The van der Waals surface area contributed by atoms with Gasteiger partial charge < -0.3 is 15.7 Å². The standard InChI is InChI=1S/C14H16F2N2O3/c15-9-3-6-12(11(16)7-9)18-14(21)17-10-4-1-8(2-5-10)13(19)20/h3,6-8,10H,1-2,4-5H2,(H,19,20)(H2,17,18,21). The number of carbonyl (C=O) groups is 2. The molecule has 0 spiro atoms. The van der Waals surface area contributed by atoms with Gasteiger partial charge in [-0.2, -0.15) is 0 Å². The van der Waals surface area contributed by atoms with Crippen LogP contribution in [0, 0.1) is 17.6 Å². The largest absolute Gasteiger partial charge is 0.481 e. The average molecular weight is 298 g/mol. The second-order valence-electron chi connectivity index (χ2n) is 5.11. The molecule has 1 aromatic rings. The van der Waals surface area contributed by atoms with Crippen LogP contribution < -0.4 is 10.6 Å². The number of anilines is 1. The molecule has 0 atom stereocenters. The predicted octanol–water partition coefficient (Wildman–Crippen LogP) is 2.73. The zero-order valence-electron chi connectivity index (χ0n) is 11.2. The fraction of sp³-hybridized carbons (Fsp3) is 0.429. The molecule has 0 saturated heterocycles. The van der Waals surface area contributed by atoms with E-state index in [0.717, 1.165) is 12.1 Å². The summed E-state index contributed by atoms with van der Waals surface area (Å²) >= 11 is 0. The van der Waals surface area contributed by atoms with E-state index in [4.69, 9.17) is 5.11 Å². The van der Waals surface area contributed by atoms with Crippen molar-refractivity contribution in [3.63, 3.8) is 0 Å². The van der Waals surface area contributed by atoms with Crippen molar-refractivity contribution >= 4 is 17.7 Å². The lowest BCUT2D eigenvalue weighted by Crippen LogP contribution is -2.41. The number of hydrogen-bond donors (Lipinski definition) is 3. The molecule has 1 fully saturated rings. The van der Waals surface area contributed by atoms with Gasteiger partial charge in [-0.25, -0.2) is 13.6 Å². The first-order chi connectivity index (χ1) is 9.95. The second kappa shape index (κ2) is 6.51. The fourth-order valence-electron chi connectivity index (χ4n) is 2.42. The molecule has 21 heavy (non-hydrogen) atoms. The van der Waals surface area contributed by atoms with Crippen molar-refractivity contribution in [2.75, 3.05) is 5.32 Å². The van der Waals surface area contributed by atoms with Gasteiger partial charge in [-0.05, 0) is 37.8 Å². The van der Waals surface area contributed by atoms with Gasteiger partial charge in [0.25, 0.3) is 0 Å². The smallest absolute Gasteiger partial charge is 0.319 e. The highest BCUT2D eigenvalue weighted by atomic mass is 19.1. The molecule has 1 aliphatic carbocycles. The molecule has 0 heterocycles. The summed E-state index contributed by atoms with van der Waals surface area (Å²) in [6.07, 6.45) is 2.14. The lowest BCUT2D eigenvalue weighted by atomic mass is 9.86. The number of aliphatic carboxylic acids is 1. The molecule has 0 aromatic heterocycles. The molecule has 5 nitrogen and oxygen atoms in total. The van der Waals surface area contributed by atoms with Gasteiger partial charge in [-0.3, -0.25) is 4.79 Å². The van der Waals surface area contributed by atoms with E-state index in [-0.39, 0.29) is 17.6 Å². The molecule has 0 unspecified atom stereocenters. The van der Waals surface area contributed by atoms with Crippen LogP contribution in [0.3, 0.4) is 0 Å². The van der Waals surface area contributed by atoms with Gasteiger partial charge in [0.1, 0.15) is 11.6 Å². The zero-order valence-corrected chi connectivity index (χ0v) is 11.2. The molecule has 7 heteroatoms. The molecule has 0 bridgehead atoms. The number of amides is 2. The Morgan fingerprint density at radius 1 is 1.14 bits per heavy atom. The van der Waals surface area contributed by atoms with Crippen LogP contribution in [-0.2, 0) is 4.79 Å². The Labute approximate surface area is 120 Å². The monoisotopic (exact) mass is 298 g/mol. The number of carbonyl (C=O) groups excluding carboxylic acids is 1. The normalized spacial score (nSPS) is 21.6. The maximum absolute atomic E-state index is 13.4. The van der Waals surface area contributed by atoms with Gasteiger partial charge in [0.05, 0.1) is 11.6 Å². The lowest BCUT2D eigenvalue weighted by molar-refractivity contribution is -0.142. The quantitative estimate of drug-likeness (QED) is 0.803. The minimum Gasteiger partial charge on any atom is -0.481 e. The van der Waals surface area contributed by atoms with Crippen LogP contribution in [-0.4, -0.2) is 23.1 Å². The third kappa shape index (κ3) is 4.14. The summed E-state index contributed by atoms with van der Waals surface area (Å²) in [5.74, 6) is -2.74. The van der Waals surface area contributed by atoms with Crippen LogP contribution in [0.15, 0.2) is 18.2 Å². The first-order valence-electron chi connectivity index (χ1n) is 6.71. The molecule has 114 valence electrons. The van der Waals surface area contributed by atoms with Gasteiger partial charge in [0, 0.05) is 12.1 Å².